The zero-order valence-electron chi connectivity index (χ0n) is 16.0. The molecule has 1 aliphatic rings. The summed E-state index contributed by atoms with van der Waals surface area (Å²) in [6, 6.07) is 19.9. The van der Waals surface area contributed by atoms with Gasteiger partial charge in [-0.05, 0) is 17.2 Å². The molecule has 1 saturated heterocycles. The fraction of sp³-hybridized carbons (Fsp3) is 0.217. The third-order valence-electron chi connectivity index (χ3n) is 5.41. The van der Waals surface area contributed by atoms with Crippen molar-refractivity contribution >= 4 is 11.1 Å². The fourth-order valence-electron chi connectivity index (χ4n) is 3.78. The Hall–Kier alpha value is -3.26. The number of aromatic nitrogens is 2. The molecule has 0 spiro atoms. The third kappa shape index (κ3) is 3.33. The molecule has 7 heteroatoms. The number of aliphatic hydroxyl groups excluding tert-OH is 2. The molecule has 0 radical (unpaired) electrons. The van der Waals surface area contributed by atoms with Crippen molar-refractivity contribution in [3.63, 3.8) is 0 Å². The summed E-state index contributed by atoms with van der Waals surface area (Å²) in [5.41, 5.74) is 2.82. The van der Waals surface area contributed by atoms with Crippen molar-refractivity contribution in [1.29, 1.82) is 0 Å². The molecular weight excluding hydrogens is 384 g/mol. The molecule has 0 bridgehead atoms. The van der Waals surface area contributed by atoms with E-state index in [4.69, 9.17) is 9.15 Å². The van der Waals surface area contributed by atoms with Crippen molar-refractivity contribution < 1.29 is 19.4 Å². The molecule has 3 atom stereocenters. The van der Waals surface area contributed by atoms with E-state index in [0.717, 1.165) is 16.7 Å². The van der Waals surface area contributed by atoms with E-state index in [1.165, 1.54) is 4.57 Å². The average molecular weight is 404 g/mol. The van der Waals surface area contributed by atoms with Gasteiger partial charge in [0, 0.05) is 18.2 Å². The molecule has 2 aromatic heterocycles. The van der Waals surface area contributed by atoms with Gasteiger partial charge in [0.1, 0.15) is 18.1 Å². The minimum atomic E-state index is -0.828. The summed E-state index contributed by atoms with van der Waals surface area (Å²) in [5, 5.41) is 19.9. The Bertz CT molecular complexity index is 1230. The number of ether oxygens (including phenoxy) is 1. The maximum absolute atomic E-state index is 12.4. The highest BCUT2D eigenvalue weighted by molar-refractivity contribution is 5.79. The Morgan fingerprint density at radius 2 is 1.73 bits per heavy atom. The third-order valence-corrected chi connectivity index (χ3v) is 5.41. The van der Waals surface area contributed by atoms with Crippen LogP contribution < -0.4 is 5.69 Å². The maximum atomic E-state index is 12.4. The van der Waals surface area contributed by atoms with Crippen molar-refractivity contribution in [2.24, 2.45) is 0 Å². The molecule has 0 amide bonds. The predicted octanol–water partition coefficient (Wildman–Crippen LogP) is 2.96. The van der Waals surface area contributed by atoms with Crippen LogP contribution in [0.15, 0.2) is 76.1 Å². The lowest BCUT2D eigenvalue weighted by molar-refractivity contribution is -0.0457. The van der Waals surface area contributed by atoms with Crippen molar-refractivity contribution in [3.05, 3.63) is 77.3 Å². The van der Waals surface area contributed by atoms with Gasteiger partial charge in [0.05, 0.1) is 18.1 Å². The zero-order valence-corrected chi connectivity index (χ0v) is 16.0. The minimum Gasteiger partial charge on any atom is -0.437 e. The van der Waals surface area contributed by atoms with Crippen molar-refractivity contribution in [3.8, 4) is 22.5 Å². The normalized spacial score (nSPS) is 21.3. The molecule has 3 heterocycles. The Kier molecular flexibility index (Phi) is 4.71. The molecule has 0 aliphatic carbocycles. The maximum Gasteiger partial charge on any atom is 0.353 e. The van der Waals surface area contributed by atoms with Crippen LogP contribution in [-0.2, 0) is 4.74 Å². The second-order valence-electron chi connectivity index (χ2n) is 7.36. The van der Waals surface area contributed by atoms with Gasteiger partial charge in [-0.3, -0.25) is 4.57 Å². The number of furan rings is 1. The largest absolute Gasteiger partial charge is 0.437 e. The van der Waals surface area contributed by atoms with Crippen LogP contribution in [0.4, 0.5) is 0 Å². The van der Waals surface area contributed by atoms with Gasteiger partial charge in [-0.1, -0.05) is 54.6 Å². The van der Waals surface area contributed by atoms with Gasteiger partial charge in [0.15, 0.2) is 0 Å². The SMILES string of the molecule is O=c1nc2oc(-c3ccc(-c4ccccc4)cc3)cc2cn1[C@H]1C[C@H](O)[C@@H](CO)O1. The summed E-state index contributed by atoms with van der Waals surface area (Å²) in [6.45, 7) is -0.309. The van der Waals surface area contributed by atoms with Crippen molar-refractivity contribution in [2.45, 2.75) is 24.9 Å². The first-order valence-electron chi connectivity index (χ1n) is 9.75. The zero-order chi connectivity index (χ0) is 20.7. The van der Waals surface area contributed by atoms with E-state index in [1.807, 2.05) is 48.5 Å². The molecule has 2 N–H and O–H groups in total. The Balaban J connectivity index is 1.46. The van der Waals surface area contributed by atoms with Gasteiger partial charge >= 0.3 is 5.69 Å². The van der Waals surface area contributed by atoms with Crippen molar-refractivity contribution in [1.82, 2.24) is 9.55 Å². The lowest BCUT2D eigenvalue weighted by Gasteiger charge is -2.13. The highest BCUT2D eigenvalue weighted by Crippen LogP contribution is 2.31. The summed E-state index contributed by atoms with van der Waals surface area (Å²) >= 11 is 0. The average Bonchev–Trinajstić information content (AvgIpc) is 3.36. The monoisotopic (exact) mass is 404 g/mol. The van der Waals surface area contributed by atoms with Gasteiger partial charge in [-0.2, -0.15) is 4.98 Å². The fourth-order valence-corrected chi connectivity index (χ4v) is 3.78. The first kappa shape index (κ1) is 18.7. The van der Waals surface area contributed by atoms with E-state index in [1.54, 1.807) is 6.20 Å². The van der Waals surface area contributed by atoms with Crippen LogP contribution in [0.3, 0.4) is 0 Å². The molecule has 1 aliphatic heterocycles. The molecule has 152 valence electrons. The summed E-state index contributed by atoms with van der Waals surface area (Å²) in [7, 11) is 0. The smallest absolute Gasteiger partial charge is 0.353 e. The van der Waals surface area contributed by atoms with Crippen LogP contribution in [0, 0.1) is 0 Å². The highest BCUT2D eigenvalue weighted by Gasteiger charge is 2.35. The Labute approximate surface area is 171 Å². The molecule has 5 rings (SSSR count). The minimum absolute atomic E-state index is 0.212. The summed E-state index contributed by atoms with van der Waals surface area (Å²) in [4.78, 5) is 16.5. The summed E-state index contributed by atoms with van der Waals surface area (Å²) < 4.78 is 12.7. The van der Waals surface area contributed by atoms with Gasteiger partial charge in [-0.15, -0.1) is 0 Å². The standard InChI is InChI=1S/C23H20N2O5/c26-13-20-18(27)11-21(29-20)25-12-17-10-19(30-22(17)24-23(25)28)16-8-6-15(7-9-16)14-4-2-1-3-5-14/h1-10,12,18,20-21,26-27H,11,13H2/t18-,20+,21+/m0/s1. The Morgan fingerprint density at radius 1 is 1.03 bits per heavy atom. The number of hydrogen-bond acceptors (Lipinski definition) is 6. The molecule has 0 unspecified atom stereocenters. The Morgan fingerprint density at radius 3 is 2.43 bits per heavy atom. The predicted molar refractivity (Wildman–Crippen MR) is 111 cm³/mol. The number of rotatable bonds is 4. The van der Waals surface area contributed by atoms with E-state index < -0.39 is 24.1 Å². The second kappa shape index (κ2) is 7.53. The molecular formula is C23H20N2O5. The molecule has 30 heavy (non-hydrogen) atoms. The quantitative estimate of drug-likeness (QED) is 0.543. The lowest BCUT2D eigenvalue weighted by Crippen LogP contribution is -2.27. The van der Waals surface area contributed by atoms with Crippen LogP contribution >= 0.6 is 0 Å². The van der Waals surface area contributed by atoms with Crippen molar-refractivity contribution in [2.75, 3.05) is 6.61 Å². The number of fused-ring (bicyclic) bond motifs is 1. The molecule has 2 aromatic carbocycles. The van der Waals surface area contributed by atoms with Crippen LogP contribution in [0.1, 0.15) is 12.6 Å². The molecule has 0 saturated carbocycles. The topological polar surface area (TPSA) is 97.7 Å². The van der Waals surface area contributed by atoms with Crippen LogP contribution in [-0.4, -0.2) is 38.6 Å². The number of benzene rings is 2. The van der Waals surface area contributed by atoms with E-state index in [9.17, 15) is 15.0 Å². The molecule has 1 fully saturated rings. The lowest BCUT2D eigenvalue weighted by atomic mass is 10.0. The van der Waals surface area contributed by atoms with E-state index in [2.05, 4.69) is 17.1 Å². The summed E-state index contributed by atoms with van der Waals surface area (Å²) in [6.07, 6.45) is -0.381. The summed E-state index contributed by atoms with van der Waals surface area (Å²) in [5.74, 6) is 0.606. The number of hydrogen-bond donors (Lipinski definition) is 2. The van der Waals surface area contributed by atoms with Crippen LogP contribution in [0.5, 0.6) is 0 Å². The molecule has 4 aromatic rings. The molecule has 7 nitrogen and oxygen atoms in total. The van der Waals surface area contributed by atoms with Gasteiger partial charge in [0.25, 0.3) is 0 Å². The number of aliphatic hydroxyl groups is 2. The van der Waals surface area contributed by atoms with Gasteiger partial charge < -0.3 is 19.4 Å². The first-order valence-corrected chi connectivity index (χ1v) is 9.75. The van der Waals surface area contributed by atoms with E-state index >= 15 is 0 Å². The second-order valence-corrected chi connectivity index (χ2v) is 7.36. The van der Waals surface area contributed by atoms with Gasteiger partial charge in [0.2, 0.25) is 5.71 Å². The highest BCUT2D eigenvalue weighted by atomic mass is 16.5. The van der Waals surface area contributed by atoms with E-state index in [-0.39, 0.29) is 18.7 Å². The van der Waals surface area contributed by atoms with E-state index in [0.29, 0.717) is 11.1 Å². The van der Waals surface area contributed by atoms with Gasteiger partial charge in [-0.25, -0.2) is 4.79 Å². The number of nitrogens with zero attached hydrogens (tertiary/aromatic N) is 2. The van der Waals surface area contributed by atoms with Crippen LogP contribution in [0.2, 0.25) is 0 Å². The first-order chi connectivity index (χ1) is 14.6. The van der Waals surface area contributed by atoms with Crippen LogP contribution in [0.25, 0.3) is 33.6 Å².